The van der Waals surface area contributed by atoms with Crippen LogP contribution in [0.4, 0.5) is 5.69 Å². The average Bonchev–Trinajstić information content (AvgIpc) is 3.55. The van der Waals surface area contributed by atoms with Gasteiger partial charge in [0, 0.05) is 28.8 Å². The van der Waals surface area contributed by atoms with E-state index in [4.69, 9.17) is 0 Å². The van der Waals surface area contributed by atoms with E-state index in [1.54, 1.807) is 12.1 Å². The number of carboxylic acids is 2. The van der Waals surface area contributed by atoms with E-state index >= 15 is 0 Å². The quantitative estimate of drug-likeness (QED) is 0.262. The maximum atomic E-state index is 11.8. The van der Waals surface area contributed by atoms with E-state index in [1.807, 2.05) is 24.3 Å². The van der Waals surface area contributed by atoms with Crippen LogP contribution < -0.4 is 4.90 Å². The molecule has 0 unspecified atom stereocenters. The zero-order valence-electron chi connectivity index (χ0n) is 28.6. The number of anilines is 1. The van der Waals surface area contributed by atoms with Crippen molar-refractivity contribution in [2.24, 2.45) is 0 Å². The summed E-state index contributed by atoms with van der Waals surface area (Å²) in [6.45, 7) is 16.4. The summed E-state index contributed by atoms with van der Waals surface area (Å²) in [6.07, 6.45) is 16.4. The van der Waals surface area contributed by atoms with Crippen molar-refractivity contribution < 1.29 is 19.8 Å². The smallest absolute Gasteiger partial charge is 0.335 e. The monoisotopic (exact) mass is 619 g/mol. The topological polar surface area (TPSA) is 77.8 Å². The summed E-state index contributed by atoms with van der Waals surface area (Å²) in [7, 11) is 0. The number of aromatic carboxylic acids is 2. The van der Waals surface area contributed by atoms with Gasteiger partial charge >= 0.3 is 11.9 Å². The molecule has 5 heteroatoms. The molecular formula is C41H49NO4. The number of rotatable bonds is 11. The first-order chi connectivity index (χ1) is 21.8. The molecule has 0 saturated carbocycles. The molecule has 2 aromatic carbocycles. The van der Waals surface area contributed by atoms with Gasteiger partial charge in [-0.2, -0.15) is 0 Å². The van der Waals surface area contributed by atoms with Crippen molar-refractivity contribution in [3.8, 4) is 0 Å². The molecule has 5 rings (SSSR count). The molecule has 2 N–H and O–H groups in total. The second-order valence-electron chi connectivity index (χ2n) is 14.1. The second kappa shape index (κ2) is 12.9. The van der Waals surface area contributed by atoms with E-state index in [1.165, 1.54) is 39.1 Å². The zero-order chi connectivity index (χ0) is 33.4. The van der Waals surface area contributed by atoms with Gasteiger partial charge in [0.05, 0.1) is 11.1 Å². The standard InChI is InChI=1S/C41H49NO4/c1-8-10-12-31-32-19-15-29(38(43)44)24-34(32)40(4,5)33(31)20-16-27-13-14-28(26(27)3)18-22-37-41(6,7)35-25-30(39(45)46)17-21-36(35)42(37)23-11-9-2/h15-22,24-25H,8-14,23H2,1-7H3,(H,43,44)(H,45,46)/b20-16+,28-18?,37-22+. The molecule has 0 fully saturated rings. The number of unbranched alkanes of at least 4 members (excludes halogenated alkanes) is 2. The molecule has 0 aromatic heterocycles. The molecule has 0 saturated heterocycles. The Labute approximate surface area is 274 Å². The normalized spacial score (nSPS) is 20.0. The Hall–Kier alpha value is -4.12. The van der Waals surface area contributed by atoms with Crippen molar-refractivity contribution in [1.82, 2.24) is 0 Å². The van der Waals surface area contributed by atoms with Gasteiger partial charge < -0.3 is 15.1 Å². The fourth-order valence-electron chi connectivity index (χ4n) is 7.55. The molecule has 0 spiro atoms. The second-order valence-corrected chi connectivity index (χ2v) is 14.1. The predicted molar refractivity (Wildman–Crippen MR) is 189 cm³/mol. The summed E-state index contributed by atoms with van der Waals surface area (Å²) in [5.41, 5.74) is 12.4. The summed E-state index contributed by atoms with van der Waals surface area (Å²) in [5.74, 6) is -1.78. The van der Waals surface area contributed by atoms with Crippen molar-refractivity contribution in [3.05, 3.63) is 117 Å². The Morgan fingerprint density at radius 1 is 0.826 bits per heavy atom. The first kappa shape index (κ1) is 33.2. The van der Waals surface area contributed by atoms with Crippen LogP contribution in [-0.4, -0.2) is 28.7 Å². The lowest BCUT2D eigenvalue weighted by atomic mass is 9.80. The minimum absolute atomic E-state index is 0.276. The third-order valence-electron chi connectivity index (χ3n) is 10.4. The summed E-state index contributed by atoms with van der Waals surface area (Å²) < 4.78 is 0. The largest absolute Gasteiger partial charge is 0.478 e. The third kappa shape index (κ3) is 5.92. The first-order valence-electron chi connectivity index (χ1n) is 16.9. The number of nitrogens with zero attached hydrogens (tertiary/aromatic N) is 1. The number of allylic oxidation sites excluding steroid dienone is 10. The van der Waals surface area contributed by atoms with Crippen LogP contribution in [0, 0.1) is 0 Å². The lowest BCUT2D eigenvalue weighted by molar-refractivity contribution is 0.0686. The van der Waals surface area contributed by atoms with Crippen molar-refractivity contribution >= 4 is 23.2 Å². The molecular weight excluding hydrogens is 570 g/mol. The molecule has 0 atom stereocenters. The van der Waals surface area contributed by atoms with Gasteiger partial charge in [-0.3, -0.25) is 0 Å². The average molecular weight is 620 g/mol. The van der Waals surface area contributed by atoms with Crippen LogP contribution in [0.5, 0.6) is 0 Å². The highest BCUT2D eigenvalue weighted by molar-refractivity contribution is 5.91. The molecule has 46 heavy (non-hydrogen) atoms. The van der Waals surface area contributed by atoms with Crippen LogP contribution in [0.3, 0.4) is 0 Å². The fraction of sp³-hybridized carbons (Fsp3) is 0.415. The van der Waals surface area contributed by atoms with E-state index in [2.05, 4.69) is 77.7 Å². The molecule has 0 bridgehead atoms. The van der Waals surface area contributed by atoms with Gasteiger partial charge in [-0.1, -0.05) is 78.7 Å². The lowest BCUT2D eigenvalue weighted by Crippen LogP contribution is -2.27. The van der Waals surface area contributed by atoms with E-state index in [-0.39, 0.29) is 10.8 Å². The lowest BCUT2D eigenvalue weighted by Gasteiger charge is -2.27. The summed E-state index contributed by atoms with van der Waals surface area (Å²) in [5, 5.41) is 19.3. The van der Waals surface area contributed by atoms with Crippen molar-refractivity contribution in [2.75, 3.05) is 11.4 Å². The highest BCUT2D eigenvalue weighted by atomic mass is 16.4. The summed E-state index contributed by atoms with van der Waals surface area (Å²) >= 11 is 0. The summed E-state index contributed by atoms with van der Waals surface area (Å²) in [4.78, 5) is 25.9. The van der Waals surface area contributed by atoms with Gasteiger partial charge in [-0.05, 0) is 120 Å². The number of carboxylic acid groups (broad SMARTS) is 2. The SMILES string of the molecule is CCCCC1=C(/C=C/C2=C(C)C(=C/C=C3/N(CCCC)c4ccc(C(=O)O)cc4C3(C)C)CC2)C(C)(C)c2cc(C(=O)O)ccc21. The molecule has 1 heterocycles. The van der Waals surface area contributed by atoms with E-state index in [0.29, 0.717) is 11.1 Å². The Bertz CT molecular complexity index is 1730. The van der Waals surface area contributed by atoms with Crippen LogP contribution in [0.15, 0.2) is 88.7 Å². The van der Waals surface area contributed by atoms with Gasteiger partial charge in [-0.15, -0.1) is 0 Å². The highest BCUT2D eigenvalue weighted by Crippen LogP contribution is 2.50. The van der Waals surface area contributed by atoms with E-state index < -0.39 is 11.9 Å². The molecule has 1 aliphatic heterocycles. The van der Waals surface area contributed by atoms with Gasteiger partial charge in [0.2, 0.25) is 0 Å². The fourth-order valence-corrected chi connectivity index (χ4v) is 7.55. The molecule has 242 valence electrons. The van der Waals surface area contributed by atoms with Crippen LogP contribution in [0.2, 0.25) is 0 Å². The molecule has 2 aliphatic carbocycles. The van der Waals surface area contributed by atoms with Gasteiger partial charge in [0.1, 0.15) is 0 Å². The minimum atomic E-state index is -0.895. The Kier molecular flexibility index (Phi) is 9.35. The van der Waals surface area contributed by atoms with E-state index in [9.17, 15) is 19.8 Å². The predicted octanol–water partition coefficient (Wildman–Crippen LogP) is 10.4. The van der Waals surface area contributed by atoms with Crippen molar-refractivity contribution in [3.63, 3.8) is 0 Å². The van der Waals surface area contributed by atoms with Crippen molar-refractivity contribution in [1.29, 1.82) is 0 Å². The van der Waals surface area contributed by atoms with Crippen LogP contribution in [0.25, 0.3) is 5.57 Å². The number of carbonyl (C=O) groups is 2. The van der Waals surface area contributed by atoms with Crippen LogP contribution >= 0.6 is 0 Å². The molecule has 3 aliphatic rings. The molecule has 0 amide bonds. The Morgan fingerprint density at radius 3 is 2.13 bits per heavy atom. The minimum Gasteiger partial charge on any atom is -0.478 e. The number of hydrogen-bond donors (Lipinski definition) is 2. The number of fused-ring (bicyclic) bond motifs is 2. The third-order valence-corrected chi connectivity index (χ3v) is 10.4. The van der Waals surface area contributed by atoms with Crippen molar-refractivity contribution in [2.45, 2.75) is 104 Å². The Morgan fingerprint density at radius 2 is 1.48 bits per heavy atom. The van der Waals surface area contributed by atoms with E-state index in [0.717, 1.165) is 68.3 Å². The highest BCUT2D eigenvalue weighted by Gasteiger charge is 2.40. The Balaban J connectivity index is 1.48. The molecule has 5 nitrogen and oxygen atoms in total. The first-order valence-corrected chi connectivity index (χ1v) is 16.9. The van der Waals surface area contributed by atoms with Crippen LogP contribution in [0.1, 0.15) is 131 Å². The maximum absolute atomic E-state index is 11.8. The zero-order valence-corrected chi connectivity index (χ0v) is 28.6. The summed E-state index contributed by atoms with van der Waals surface area (Å²) in [6, 6.07) is 11.2. The van der Waals surface area contributed by atoms with Gasteiger partial charge in [-0.25, -0.2) is 9.59 Å². The maximum Gasteiger partial charge on any atom is 0.335 e. The van der Waals surface area contributed by atoms with Gasteiger partial charge in [0.15, 0.2) is 0 Å². The van der Waals surface area contributed by atoms with Gasteiger partial charge in [0.25, 0.3) is 0 Å². The van der Waals surface area contributed by atoms with Crippen LogP contribution in [-0.2, 0) is 10.8 Å². The molecule has 2 aromatic rings. The number of benzene rings is 2. The molecule has 0 radical (unpaired) electrons. The number of hydrogen-bond acceptors (Lipinski definition) is 3.